The third-order valence-corrected chi connectivity index (χ3v) is 6.75. The van der Waals surface area contributed by atoms with E-state index in [-0.39, 0.29) is 16.7 Å². The second-order valence-electron chi connectivity index (χ2n) is 7.66. The van der Waals surface area contributed by atoms with E-state index < -0.39 is 10.0 Å². The van der Waals surface area contributed by atoms with Crippen molar-refractivity contribution in [3.63, 3.8) is 0 Å². The summed E-state index contributed by atoms with van der Waals surface area (Å²) in [6.45, 7) is 1.29. The summed E-state index contributed by atoms with van der Waals surface area (Å²) in [7, 11) is -2.41. The van der Waals surface area contributed by atoms with Crippen LogP contribution in [0.25, 0.3) is 0 Å². The van der Waals surface area contributed by atoms with Crippen molar-refractivity contribution < 1.29 is 17.9 Å². The van der Waals surface area contributed by atoms with Gasteiger partial charge in [0, 0.05) is 31.2 Å². The maximum absolute atomic E-state index is 12.9. The van der Waals surface area contributed by atoms with E-state index in [1.807, 2.05) is 4.90 Å². The van der Waals surface area contributed by atoms with E-state index in [0.717, 1.165) is 19.4 Å². The molecule has 4 rings (SSSR count). The predicted molar refractivity (Wildman–Crippen MR) is 126 cm³/mol. The van der Waals surface area contributed by atoms with E-state index in [2.05, 4.69) is 20.0 Å². The number of carbonyl (C=O) groups is 1. The lowest BCUT2D eigenvalue weighted by Gasteiger charge is -2.31. The second kappa shape index (κ2) is 9.86. The Balaban J connectivity index is 1.46. The SMILES string of the molecule is COc1ccccc1NS(=O)(=O)c1cccc(NC(=O)[C@@H]2CCCN(c3ncccn3)C2)c1. The van der Waals surface area contributed by atoms with Gasteiger partial charge in [-0.1, -0.05) is 18.2 Å². The van der Waals surface area contributed by atoms with Crippen molar-refractivity contribution in [2.24, 2.45) is 5.92 Å². The van der Waals surface area contributed by atoms with E-state index in [1.54, 1.807) is 54.9 Å². The normalized spacial score (nSPS) is 16.2. The van der Waals surface area contributed by atoms with Crippen molar-refractivity contribution in [2.45, 2.75) is 17.7 Å². The first kappa shape index (κ1) is 22.5. The number of aromatic nitrogens is 2. The van der Waals surface area contributed by atoms with Crippen LogP contribution in [0.1, 0.15) is 12.8 Å². The van der Waals surface area contributed by atoms with Gasteiger partial charge in [0.1, 0.15) is 5.75 Å². The number of benzene rings is 2. The first-order valence-corrected chi connectivity index (χ1v) is 12.0. The molecule has 1 aliphatic heterocycles. The molecule has 9 nitrogen and oxygen atoms in total. The summed E-state index contributed by atoms with van der Waals surface area (Å²) in [5.41, 5.74) is 0.746. The van der Waals surface area contributed by atoms with E-state index in [1.165, 1.54) is 19.2 Å². The van der Waals surface area contributed by atoms with Gasteiger partial charge in [-0.2, -0.15) is 0 Å². The van der Waals surface area contributed by atoms with Crippen molar-refractivity contribution in [1.29, 1.82) is 0 Å². The van der Waals surface area contributed by atoms with Gasteiger partial charge < -0.3 is 15.0 Å². The minimum absolute atomic E-state index is 0.0363. The Hall–Kier alpha value is -3.66. The van der Waals surface area contributed by atoms with Crippen LogP contribution in [0, 0.1) is 5.92 Å². The van der Waals surface area contributed by atoms with Crippen molar-refractivity contribution in [2.75, 3.05) is 35.1 Å². The molecule has 3 aromatic rings. The van der Waals surface area contributed by atoms with Gasteiger partial charge in [0.2, 0.25) is 11.9 Å². The van der Waals surface area contributed by atoms with Crippen molar-refractivity contribution in [1.82, 2.24) is 9.97 Å². The molecule has 0 saturated carbocycles. The summed E-state index contributed by atoms with van der Waals surface area (Å²) in [6, 6.07) is 14.7. The summed E-state index contributed by atoms with van der Waals surface area (Å²) in [6.07, 6.45) is 4.93. The van der Waals surface area contributed by atoms with Crippen LogP contribution in [0.4, 0.5) is 17.3 Å². The number of carbonyl (C=O) groups excluding carboxylic acids is 1. The Labute approximate surface area is 192 Å². The summed E-state index contributed by atoms with van der Waals surface area (Å²) in [5.74, 6) is 0.595. The van der Waals surface area contributed by atoms with Gasteiger partial charge in [0.15, 0.2) is 0 Å². The maximum Gasteiger partial charge on any atom is 0.262 e. The first-order valence-electron chi connectivity index (χ1n) is 10.5. The number of ether oxygens (including phenoxy) is 1. The molecule has 2 aromatic carbocycles. The Kier molecular flexibility index (Phi) is 6.74. The number of nitrogens with one attached hydrogen (secondary N) is 2. The van der Waals surface area contributed by atoms with Gasteiger partial charge in [0.25, 0.3) is 10.0 Å². The Morgan fingerprint density at radius 2 is 1.88 bits per heavy atom. The largest absolute Gasteiger partial charge is 0.495 e. The fraction of sp³-hybridized carbons (Fsp3) is 0.261. The highest BCUT2D eigenvalue weighted by Gasteiger charge is 2.27. The molecule has 0 spiro atoms. The van der Waals surface area contributed by atoms with E-state index in [9.17, 15) is 13.2 Å². The molecule has 0 unspecified atom stereocenters. The molecule has 0 aliphatic carbocycles. The highest BCUT2D eigenvalue weighted by molar-refractivity contribution is 7.92. The maximum atomic E-state index is 12.9. The number of hydrogen-bond donors (Lipinski definition) is 2. The number of amides is 1. The van der Waals surface area contributed by atoms with Crippen LogP contribution < -0.4 is 19.7 Å². The average molecular weight is 468 g/mol. The molecule has 1 aromatic heterocycles. The lowest BCUT2D eigenvalue weighted by atomic mass is 9.97. The number of methoxy groups -OCH3 is 1. The number of anilines is 3. The van der Waals surface area contributed by atoms with Crippen LogP contribution in [0.3, 0.4) is 0 Å². The topological polar surface area (TPSA) is 114 Å². The lowest BCUT2D eigenvalue weighted by molar-refractivity contribution is -0.120. The number of para-hydroxylation sites is 2. The third kappa shape index (κ3) is 5.40. The minimum atomic E-state index is -3.88. The smallest absolute Gasteiger partial charge is 0.262 e. The Morgan fingerprint density at radius 3 is 2.67 bits per heavy atom. The summed E-state index contributed by atoms with van der Waals surface area (Å²) < 4.78 is 33.6. The molecule has 10 heteroatoms. The predicted octanol–water partition coefficient (Wildman–Crippen LogP) is 3.14. The minimum Gasteiger partial charge on any atom is -0.495 e. The standard InChI is InChI=1S/C23H25N5O4S/c1-32-21-11-3-2-10-20(21)27-33(30,31)19-9-4-8-18(15-19)26-22(29)17-7-5-14-28(16-17)23-24-12-6-13-25-23/h2-4,6,8-13,15,17,27H,5,7,14,16H2,1H3,(H,26,29)/t17-/m1/s1. The molecule has 1 aliphatic rings. The van der Waals surface area contributed by atoms with Gasteiger partial charge in [-0.15, -0.1) is 0 Å². The molecule has 2 N–H and O–H groups in total. The monoisotopic (exact) mass is 467 g/mol. The van der Waals surface area contributed by atoms with E-state index >= 15 is 0 Å². The lowest BCUT2D eigenvalue weighted by Crippen LogP contribution is -2.41. The number of nitrogens with zero attached hydrogens (tertiary/aromatic N) is 3. The number of rotatable bonds is 7. The molecule has 0 bridgehead atoms. The zero-order valence-electron chi connectivity index (χ0n) is 18.1. The fourth-order valence-corrected chi connectivity index (χ4v) is 4.86. The molecule has 2 heterocycles. The van der Waals surface area contributed by atoms with Gasteiger partial charge in [-0.05, 0) is 49.2 Å². The van der Waals surface area contributed by atoms with Crippen molar-refractivity contribution in [3.05, 3.63) is 67.0 Å². The van der Waals surface area contributed by atoms with Gasteiger partial charge in [-0.3, -0.25) is 9.52 Å². The third-order valence-electron chi connectivity index (χ3n) is 5.39. The second-order valence-corrected chi connectivity index (χ2v) is 9.34. The Bertz CT molecular complexity index is 1220. The highest BCUT2D eigenvalue weighted by Crippen LogP contribution is 2.27. The molecule has 1 saturated heterocycles. The molecule has 1 amide bonds. The molecule has 33 heavy (non-hydrogen) atoms. The molecule has 1 fully saturated rings. The van der Waals surface area contributed by atoms with Crippen molar-refractivity contribution in [3.8, 4) is 5.75 Å². The van der Waals surface area contributed by atoms with Crippen LogP contribution in [-0.4, -0.2) is 44.5 Å². The summed E-state index contributed by atoms with van der Waals surface area (Å²) in [4.78, 5) is 23.5. The number of piperidine rings is 1. The molecule has 0 radical (unpaired) electrons. The van der Waals surface area contributed by atoms with E-state index in [4.69, 9.17) is 4.74 Å². The average Bonchev–Trinajstić information content (AvgIpc) is 2.85. The van der Waals surface area contributed by atoms with Crippen LogP contribution >= 0.6 is 0 Å². The summed E-state index contributed by atoms with van der Waals surface area (Å²) >= 11 is 0. The van der Waals surface area contributed by atoms with Gasteiger partial charge >= 0.3 is 0 Å². The zero-order chi connectivity index (χ0) is 23.3. The molecule has 172 valence electrons. The fourth-order valence-electron chi connectivity index (χ4n) is 3.75. The first-order chi connectivity index (χ1) is 16.0. The molecular weight excluding hydrogens is 442 g/mol. The molecular formula is C23H25N5O4S. The number of sulfonamides is 1. The summed E-state index contributed by atoms with van der Waals surface area (Å²) in [5, 5.41) is 2.86. The van der Waals surface area contributed by atoms with Gasteiger partial charge in [0.05, 0.1) is 23.6 Å². The van der Waals surface area contributed by atoms with Crippen LogP contribution in [0.15, 0.2) is 71.9 Å². The highest BCUT2D eigenvalue weighted by atomic mass is 32.2. The Morgan fingerprint density at radius 1 is 1.09 bits per heavy atom. The number of hydrogen-bond acceptors (Lipinski definition) is 7. The molecule has 1 atom stereocenters. The van der Waals surface area contributed by atoms with Crippen LogP contribution in [0.5, 0.6) is 5.75 Å². The van der Waals surface area contributed by atoms with Gasteiger partial charge in [-0.25, -0.2) is 18.4 Å². The van der Waals surface area contributed by atoms with Crippen LogP contribution in [-0.2, 0) is 14.8 Å². The van der Waals surface area contributed by atoms with Crippen molar-refractivity contribution >= 4 is 33.3 Å². The van der Waals surface area contributed by atoms with Crippen LogP contribution in [0.2, 0.25) is 0 Å². The van der Waals surface area contributed by atoms with E-state index in [0.29, 0.717) is 29.6 Å². The zero-order valence-corrected chi connectivity index (χ0v) is 19.0. The quantitative estimate of drug-likeness (QED) is 0.549.